The molecule has 0 saturated carbocycles. The third-order valence-electron chi connectivity index (χ3n) is 2.06. The molecule has 6 heteroatoms. The van der Waals surface area contributed by atoms with Gasteiger partial charge in [-0.15, -0.1) is 0 Å². The molecule has 1 aliphatic rings. The SMILES string of the molecule is Fc1ccc2c(c1)OC(C(F)(F)F)CN2. The van der Waals surface area contributed by atoms with Crippen molar-refractivity contribution in [2.24, 2.45) is 0 Å². The maximum atomic E-state index is 12.7. The van der Waals surface area contributed by atoms with Crippen molar-refractivity contribution in [3.63, 3.8) is 0 Å². The average molecular weight is 221 g/mol. The molecule has 1 unspecified atom stereocenters. The van der Waals surface area contributed by atoms with E-state index in [1.165, 1.54) is 6.07 Å². The molecule has 1 aromatic rings. The van der Waals surface area contributed by atoms with E-state index < -0.39 is 18.1 Å². The maximum absolute atomic E-state index is 12.7. The molecule has 1 aliphatic heterocycles. The summed E-state index contributed by atoms with van der Waals surface area (Å²) < 4.78 is 54.2. The van der Waals surface area contributed by atoms with Crippen molar-refractivity contribution < 1.29 is 22.3 Å². The number of rotatable bonds is 0. The Morgan fingerprint density at radius 3 is 2.73 bits per heavy atom. The zero-order chi connectivity index (χ0) is 11.1. The maximum Gasteiger partial charge on any atom is 0.427 e. The minimum Gasteiger partial charge on any atom is -0.477 e. The van der Waals surface area contributed by atoms with Gasteiger partial charge in [0.25, 0.3) is 0 Å². The zero-order valence-electron chi connectivity index (χ0n) is 7.44. The van der Waals surface area contributed by atoms with E-state index in [4.69, 9.17) is 0 Å². The van der Waals surface area contributed by atoms with Crippen LogP contribution in [0.2, 0.25) is 0 Å². The van der Waals surface area contributed by atoms with Gasteiger partial charge < -0.3 is 10.1 Å². The Morgan fingerprint density at radius 2 is 2.07 bits per heavy atom. The van der Waals surface area contributed by atoms with Gasteiger partial charge in [0.15, 0.2) is 0 Å². The van der Waals surface area contributed by atoms with Gasteiger partial charge in [0.05, 0.1) is 12.2 Å². The van der Waals surface area contributed by atoms with Gasteiger partial charge in [0.1, 0.15) is 11.6 Å². The largest absolute Gasteiger partial charge is 0.477 e. The Morgan fingerprint density at radius 1 is 1.33 bits per heavy atom. The van der Waals surface area contributed by atoms with Crippen LogP contribution in [0.15, 0.2) is 18.2 Å². The van der Waals surface area contributed by atoms with E-state index in [1.807, 2.05) is 0 Å². The van der Waals surface area contributed by atoms with E-state index in [2.05, 4.69) is 10.1 Å². The highest BCUT2D eigenvalue weighted by molar-refractivity contribution is 5.58. The number of halogens is 4. The van der Waals surface area contributed by atoms with Gasteiger partial charge in [0.2, 0.25) is 6.10 Å². The number of alkyl halides is 3. The molecular formula is C9H7F4NO. The summed E-state index contributed by atoms with van der Waals surface area (Å²) in [5.74, 6) is -0.734. The fraction of sp³-hybridized carbons (Fsp3) is 0.333. The quantitative estimate of drug-likeness (QED) is 0.680. The lowest BCUT2D eigenvalue weighted by Crippen LogP contribution is -2.42. The molecule has 0 amide bonds. The van der Waals surface area contributed by atoms with Crippen LogP contribution in [0.25, 0.3) is 0 Å². The van der Waals surface area contributed by atoms with Crippen molar-refractivity contribution in [2.75, 3.05) is 11.9 Å². The highest BCUT2D eigenvalue weighted by atomic mass is 19.4. The van der Waals surface area contributed by atoms with E-state index in [1.54, 1.807) is 0 Å². The minimum atomic E-state index is -4.45. The first-order valence-corrected chi connectivity index (χ1v) is 4.23. The van der Waals surface area contributed by atoms with Crippen molar-refractivity contribution >= 4 is 5.69 Å². The molecule has 0 aliphatic carbocycles. The van der Waals surface area contributed by atoms with Crippen molar-refractivity contribution in [3.8, 4) is 5.75 Å². The number of fused-ring (bicyclic) bond motifs is 1. The fourth-order valence-electron chi connectivity index (χ4n) is 1.32. The zero-order valence-corrected chi connectivity index (χ0v) is 7.44. The molecule has 0 bridgehead atoms. The van der Waals surface area contributed by atoms with Crippen LogP contribution in [-0.2, 0) is 0 Å². The lowest BCUT2D eigenvalue weighted by atomic mass is 10.2. The Hall–Kier alpha value is -1.46. The van der Waals surface area contributed by atoms with Crippen LogP contribution in [0.3, 0.4) is 0 Å². The molecule has 0 spiro atoms. The van der Waals surface area contributed by atoms with Crippen molar-refractivity contribution in [2.45, 2.75) is 12.3 Å². The molecule has 0 radical (unpaired) electrons. The number of benzene rings is 1. The second kappa shape index (κ2) is 3.29. The van der Waals surface area contributed by atoms with Gasteiger partial charge in [-0.2, -0.15) is 13.2 Å². The number of anilines is 1. The standard InChI is InChI=1S/C9H7F4NO/c10-5-1-2-6-7(3-5)15-8(4-14-6)9(11,12)13/h1-3,8,14H,4H2. The molecule has 1 aromatic carbocycles. The molecule has 0 saturated heterocycles. The van der Waals surface area contributed by atoms with Crippen LogP contribution in [0, 0.1) is 5.82 Å². The highest BCUT2D eigenvalue weighted by Gasteiger charge is 2.43. The second-order valence-electron chi connectivity index (χ2n) is 3.17. The molecule has 1 N–H and O–H groups in total. The monoisotopic (exact) mass is 221 g/mol. The number of ether oxygens (including phenoxy) is 1. The summed E-state index contributed by atoms with van der Waals surface area (Å²) in [6.07, 6.45) is -6.37. The number of hydrogen-bond donors (Lipinski definition) is 1. The summed E-state index contributed by atoms with van der Waals surface area (Å²) in [5, 5.41) is 2.53. The van der Waals surface area contributed by atoms with Crippen LogP contribution in [0.5, 0.6) is 5.75 Å². The molecule has 1 atom stereocenters. The summed E-state index contributed by atoms with van der Waals surface area (Å²) in [6, 6.07) is 3.43. The molecule has 15 heavy (non-hydrogen) atoms. The first kappa shape index (κ1) is 10.1. The topological polar surface area (TPSA) is 21.3 Å². The van der Waals surface area contributed by atoms with Gasteiger partial charge in [-0.1, -0.05) is 0 Å². The summed E-state index contributed by atoms with van der Waals surface area (Å²) in [4.78, 5) is 0. The van der Waals surface area contributed by atoms with E-state index in [0.29, 0.717) is 5.69 Å². The van der Waals surface area contributed by atoms with Gasteiger partial charge in [0, 0.05) is 6.07 Å². The average Bonchev–Trinajstić information content (AvgIpc) is 2.15. The summed E-state index contributed by atoms with van der Waals surface area (Å²) >= 11 is 0. The molecule has 2 nitrogen and oxygen atoms in total. The summed E-state index contributed by atoms with van der Waals surface area (Å²) in [6.45, 7) is -0.359. The Bertz CT molecular complexity index is 377. The van der Waals surface area contributed by atoms with Gasteiger partial charge >= 0.3 is 6.18 Å². The Balaban J connectivity index is 2.26. The van der Waals surface area contributed by atoms with Gasteiger partial charge in [-0.05, 0) is 12.1 Å². The van der Waals surface area contributed by atoms with Crippen LogP contribution >= 0.6 is 0 Å². The lowest BCUT2D eigenvalue weighted by Gasteiger charge is -2.28. The Labute approximate surface area is 82.8 Å². The minimum absolute atomic E-state index is 0.108. The fourth-order valence-corrected chi connectivity index (χ4v) is 1.32. The second-order valence-corrected chi connectivity index (χ2v) is 3.17. The Kier molecular flexibility index (Phi) is 2.21. The van der Waals surface area contributed by atoms with Crippen LogP contribution in [-0.4, -0.2) is 18.8 Å². The normalized spacial score (nSPS) is 20.1. The molecular weight excluding hydrogens is 214 g/mol. The molecule has 1 heterocycles. The van der Waals surface area contributed by atoms with Gasteiger partial charge in [-0.3, -0.25) is 0 Å². The van der Waals surface area contributed by atoms with Crippen LogP contribution in [0.4, 0.5) is 23.2 Å². The van der Waals surface area contributed by atoms with Crippen molar-refractivity contribution in [1.29, 1.82) is 0 Å². The summed E-state index contributed by atoms with van der Waals surface area (Å²) in [7, 11) is 0. The third-order valence-corrected chi connectivity index (χ3v) is 2.06. The van der Waals surface area contributed by atoms with Crippen molar-refractivity contribution in [3.05, 3.63) is 24.0 Å². The number of nitrogens with one attached hydrogen (secondary N) is 1. The first-order valence-electron chi connectivity index (χ1n) is 4.23. The molecule has 0 fully saturated rings. The predicted octanol–water partition coefficient (Wildman–Crippen LogP) is 2.56. The van der Waals surface area contributed by atoms with E-state index in [9.17, 15) is 17.6 Å². The van der Waals surface area contributed by atoms with Crippen LogP contribution < -0.4 is 10.1 Å². The molecule has 82 valence electrons. The lowest BCUT2D eigenvalue weighted by molar-refractivity contribution is -0.191. The molecule has 2 rings (SSSR count). The number of hydrogen-bond acceptors (Lipinski definition) is 2. The first-order chi connectivity index (χ1) is 6.97. The summed E-state index contributed by atoms with van der Waals surface area (Å²) in [5.41, 5.74) is 0.372. The highest BCUT2D eigenvalue weighted by Crippen LogP contribution is 2.34. The van der Waals surface area contributed by atoms with Gasteiger partial charge in [-0.25, -0.2) is 4.39 Å². The third kappa shape index (κ3) is 1.98. The molecule has 0 aromatic heterocycles. The van der Waals surface area contributed by atoms with Crippen molar-refractivity contribution in [1.82, 2.24) is 0 Å². The van der Waals surface area contributed by atoms with Crippen LogP contribution in [0.1, 0.15) is 0 Å². The smallest absolute Gasteiger partial charge is 0.427 e. The van der Waals surface area contributed by atoms with E-state index in [-0.39, 0.29) is 12.3 Å². The van der Waals surface area contributed by atoms with E-state index in [0.717, 1.165) is 12.1 Å². The van der Waals surface area contributed by atoms with E-state index >= 15 is 0 Å². The predicted molar refractivity (Wildman–Crippen MR) is 45.4 cm³/mol.